The van der Waals surface area contributed by atoms with Gasteiger partial charge in [-0.05, 0) is 49.8 Å². The van der Waals surface area contributed by atoms with Gasteiger partial charge in [0.05, 0.1) is 19.8 Å². The van der Waals surface area contributed by atoms with Crippen LogP contribution in [0.1, 0.15) is 72.3 Å². The van der Waals surface area contributed by atoms with Crippen LogP contribution in [0.15, 0.2) is 18.2 Å². The van der Waals surface area contributed by atoms with Gasteiger partial charge < -0.3 is 38.9 Å². The third kappa shape index (κ3) is 14.6. The third-order valence-electron chi connectivity index (χ3n) is 5.53. The summed E-state index contributed by atoms with van der Waals surface area (Å²) in [5.41, 5.74) is 6.50. The van der Waals surface area contributed by atoms with Gasteiger partial charge in [0.1, 0.15) is 18.8 Å². The van der Waals surface area contributed by atoms with Crippen molar-refractivity contribution in [2.24, 2.45) is 11.7 Å². The van der Waals surface area contributed by atoms with Crippen molar-refractivity contribution in [2.75, 3.05) is 26.4 Å². The first-order chi connectivity index (χ1) is 19.1. The number of esters is 1. The molecule has 1 rings (SSSR count). The van der Waals surface area contributed by atoms with Crippen molar-refractivity contribution < 1.29 is 52.3 Å². The molecule has 226 valence electrons. The smallest absolute Gasteiger partial charge is 0.461 e. The number of hydrogen-bond acceptors (Lipinski definition) is 12. The highest BCUT2D eigenvalue weighted by atomic mass is 16.7. The molecule has 1 aromatic carbocycles. The first-order valence-electron chi connectivity index (χ1n) is 13.7. The minimum absolute atomic E-state index is 0.00743. The molecule has 0 spiro atoms. The number of ether oxygens (including phenoxy) is 7. The highest BCUT2D eigenvalue weighted by Crippen LogP contribution is 2.30. The molecule has 0 saturated heterocycles. The zero-order chi connectivity index (χ0) is 29.9. The SMILES string of the molecule is CCCCOC(=O)Oc1ccc(C[C@H](N)C(=O)OC[C@H](C)OC(=O)OCC(C)CC)cc1OC(=O)OCCCC. The second-order valence-corrected chi connectivity index (χ2v) is 9.33. The van der Waals surface area contributed by atoms with Gasteiger partial charge in [0, 0.05) is 0 Å². The molecule has 12 heteroatoms. The van der Waals surface area contributed by atoms with E-state index in [0.717, 1.165) is 19.3 Å². The Kier molecular flexibility index (Phi) is 16.8. The normalized spacial score (nSPS) is 12.8. The Morgan fingerprint density at radius 1 is 0.775 bits per heavy atom. The quantitative estimate of drug-likeness (QED) is 0.111. The molecule has 0 heterocycles. The van der Waals surface area contributed by atoms with Gasteiger partial charge in [-0.1, -0.05) is 53.0 Å². The molecular weight excluding hydrogens is 526 g/mol. The molecule has 0 aliphatic carbocycles. The second-order valence-electron chi connectivity index (χ2n) is 9.33. The van der Waals surface area contributed by atoms with Crippen molar-refractivity contribution in [1.29, 1.82) is 0 Å². The zero-order valence-corrected chi connectivity index (χ0v) is 24.1. The fraction of sp³-hybridized carbons (Fsp3) is 0.643. The molecule has 2 N–H and O–H groups in total. The lowest BCUT2D eigenvalue weighted by Gasteiger charge is -2.17. The number of nitrogens with two attached hydrogens (primary N) is 1. The third-order valence-corrected chi connectivity index (χ3v) is 5.53. The van der Waals surface area contributed by atoms with E-state index < -0.39 is 36.6 Å². The molecule has 0 bridgehead atoms. The first-order valence-corrected chi connectivity index (χ1v) is 13.7. The Balaban J connectivity index is 2.76. The summed E-state index contributed by atoms with van der Waals surface area (Å²) in [6.07, 6.45) is 0.328. The Morgan fingerprint density at radius 2 is 1.38 bits per heavy atom. The molecule has 0 aliphatic rings. The molecule has 3 atom stereocenters. The number of rotatable bonds is 17. The average molecular weight is 570 g/mol. The van der Waals surface area contributed by atoms with Crippen molar-refractivity contribution >= 4 is 24.4 Å². The van der Waals surface area contributed by atoms with Crippen LogP contribution in [0.4, 0.5) is 14.4 Å². The highest BCUT2D eigenvalue weighted by Gasteiger charge is 2.21. The van der Waals surface area contributed by atoms with Gasteiger partial charge in [-0.25, -0.2) is 14.4 Å². The largest absolute Gasteiger partial charge is 0.513 e. The lowest BCUT2D eigenvalue weighted by atomic mass is 10.1. The van der Waals surface area contributed by atoms with Crippen LogP contribution in [-0.4, -0.2) is 63.0 Å². The minimum Gasteiger partial charge on any atom is -0.461 e. The molecule has 0 amide bonds. The predicted octanol–water partition coefficient (Wildman–Crippen LogP) is 5.32. The molecule has 0 aromatic heterocycles. The van der Waals surface area contributed by atoms with Crippen LogP contribution in [0, 0.1) is 5.92 Å². The van der Waals surface area contributed by atoms with Crippen molar-refractivity contribution in [1.82, 2.24) is 0 Å². The minimum atomic E-state index is -1.08. The summed E-state index contributed by atoms with van der Waals surface area (Å²) < 4.78 is 35.7. The van der Waals surface area contributed by atoms with Gasteiger partial charge in [0.2, 0.25) is 0 Å². The Bertz CT molecular complexity index is 937. The van der Waals surface area contributed by atoms with E-state index in [1.165, 1.54) is 12.1 Å². The first kappa shape index (κ1) is 34.5. The van der Waals surface area contributed by atoms with Crippen LogP contribution in [0.3, 0.4) is 0 Å². The Hall–Kier alpha value is -3.54. The van der Waals surface area contributed by atoms with E-state index in [0.29, 0.717) is 18.4 Å². The summed E-state index contributed by atoms with van der Waals surface area (Å²) in [5, 5.41) is 0. The topological polar surface area (TPSA) is 159 Å². The van der Waals surface area contributed by atoms with Crippen molar-refractivity contribution in [3.63, 3.8) is 0 Å². The molecule has 0 fully saturated rings. The summed E-state index contributed by atoms with van der Waals surface area (Å²) in [6.45, 7) is 9.74. The lowest BCUT2D eigenvalue weighted by molar-refractivity contribution is -0.148. The number of carbonyl (C=O) groups is 4. The van der Waals surface area contributed by atoms with Crippen molar-refractivity contribution in [3.8, 4) is 11.5 Å². The molecule has 1 unspecified atom stereocenters. The second kappa shape index (κ2) is 19.5. The summed E-state index contributed by atoms with van der Waals surface area (Å²) in [7, 11) is 0. The number of carbonyl (C=O) groups excluding carboxylic acids is 4. The fourth-order valence-electron chi connectivity index (χ4n) is 2.89. The van der Waals surface area contributed by atoms with Gasteiger partial charge in [0.15, 0.2) is 11.5 Å². The maximum absolute atomic E-state index is 12.4. The number of unbranched alkanes of at least 4 members (excludes halogenated alkanes) is 2. The molecule has 1 aromatic rings. The van der Waals surface area contributed by atoms with E-state index in [2.05, 4.69) is 0 Å². The summed E-state index contributed by atoms with van der Waals surface area (Å²) in [6, 6.07) is 3.27. The van der Waals surface area contributed by atoms with Crippen LogP contribution in [0.5, 0.6) is 11.5 Å². The van der Waals surface area contributed by atoms with Gasteiger partial charge in [-0.15, -0.1) is 0 Å². The van der Waals surface area contributed by atoms with Gasteiger partial charge in [0.25, 0.3) is 0 Å². The highest BCUT2D eigenvalue weighted by molar-refractivity contribution is 5.76. The van der Waals surface area contributed by atoms with Crippen LogP contribution in [0.2, 0.25) is 0 Å². The maximum Gasteiger partial charge on any atom is 0.513 e. The van der Waals surface area contributed by atoms with Crippen LogP contribution >= 0.6 is 0 Å². The van der Waals surface area contributed by atoms with E-state index in [9.17, 15) is 19.2 Å². The van der Waals surface area contributed by atoms with Crippen molar-refractivity contribution in [2.45, 2.75) is 85.3 Å². The van der Waals surface area contributed by atoms with E-state index in [1.807, 2.05) is 27.7 Å². The van der Waals surface area contributed by atoms with E-state index in [1.54, 1.807) is 13.0 Å². The maximum atomic E-state index is 12.4. The molecule has 0 aliphatic heterocycles. The summed E-state index contributed by atoms with van der Waals surface area (Å²) >= 11 is 0. The lowest BCUT2D eigenvalue weighted by Crippen LogP contribution is -2.36. The molecule has 40 heavy (non-hydrogen) atoms. The number of hydrogen-bond donors (Lipinski definition) is 1. The predicted molar refractivity (Wildman–Crippen MR) is 144 cm³/mol. The molecule has 12 nitrogen and oxygen atoms in total. The monoisotopic (exact) mass is 569 g/mol. The standard InChI is InChI=1S/C28H43NO11/c1-6-9-13-34-26(31)39-23-12-11-21(16-24(23)40-27(32)35-14-10-7-2)15-22(29)25(30)36-18-20(5)38-28(33)37-17-19(4)8-3/h11-12,16,19-20,22H,6-10,13-15,17-18,29H2,1-5H3/t19?,20-,22-/m0/s1. The Morgan fingerprint density at radius 3 is 1.95 bits per heavy atom. The van der Waals surface area contributed by atoms with Crippen molar-refractivity contribution in [3.05, 3.63) is 23.8 Å². The van der Waals surface area contributed by atoms with Gasteiger partial charge in [-0.3, -0.25) is 4.79 Å². The fourth-order valence-corrected chi connectivity index (χ4v) is 2.89. The number of benzene rings is 1. The zero-order valence-electron chi connectivity index (χ0n) is 24.1. The average Bonchev–Trinajstić information content (AvgIpc) is 2.92. The van der Waals surface area contributed by atoms with Crippen LogP contribution in [-0.2, 0) is 34.9 Å². The van der Waals surface area contributed by atoms with Crippen LogP contribution in [0.25, 0.3) is 0 Å². The Labute approximate surface area is 235 Å². The van der Waals surface area contributed by atoms with Crippen LogP contribution < -0.4 is 15.2 Å². The summed E-state index contributed by atoms with van der Waals surface area (Å²) in [5.74, 6) is -0.703. The molecule has 0 radical (unpaired) electrons. The molecule has 0 saturated carbocycles. The van der Waals surface area contributed by atoms with E-state index in [4.69, 9.17) is 38.9 Å². The molecular formula is C28H43NO11. The van der Waals surface area contributed by atoms with Gasteiger partial charge in [-0.2, -0.15) is 0 Å². The van der Waals surface area contributed by atoms with E-state index >= 15 is 0 Å². The van der Waals surface area contributed by atoms with Gasteiger partial charge >= 0.3 is 24.4 Å². The summed E-state index contributed by atoms with van der Waals surface area (Å²) in [4.78, 5) is 48.3. The van der Waals surface area contributed by atoms with E-state index in [-0.39, 0.29) is 50.3 Å².